The SMILES string of the molecule is Cc1nc(Cc2cccc3ccccc23)sc1C(N)=S. The van der Waals surface area contributed by atoms with Crippen LogP contribution in [-0.4, -0.2) is 9.97 Å². The fraction of sp³-hybridized carbons (Fsp3) is 0.125. The molecule has 0 bridgehead atoms. The zero-order chi connectivity index (χ0) is 14.1. The number of fused-ring (bicyclic) bond motifs is 1. The fourth-order valence-corrected chi connectivity index (χ4v) is 3.58. The van der Waals surface area contributed by atoms with Crippen LogP contribution in [0, 0.1) is 6.92 Å². The number of nitrogens with zero attached hydrogens (tertiary/aromatic N) is 1. The highest BCUT2D eigenvalue weighted by Gasteiger charge is 2.11. The number of aryl methyl sites for hydroxylation is 1. The van der Waals surface area contributed by atoms with Crippen LogP contribution in [0.2, 0.25) is 0 Å². The first-order valence-corrected chi connectivity index (χ1v) is 7.60. The summed E-state index contributed by atoms with van der Waals surface area (Å²) < 4.78 is 0. The molecule has 2 N–H and O–H groups in total. The summed E-state index contributed by atoms with van der Waals surface area (Å²) in [4.78, 5) is 5.95. The van der Waals surface area contributed by atoms with Crippen molar-refractivity contribution in [2.45, 2.75) is 13.3 Å². The topological polar surface area (TPSA) is 38.9 Å². The van der Waals surface area contributed by atoms with Gasteiger partial charge in [-0.1, -0.05) is 54.7 Å². The zero-order valence-corrected chi connectivity index (χ0v) is 12.7. The summed E-state index contributed by atoms with van der Waals surface area (Å²) in [5.74, 6) is 0. The van der Waals surface area contributed by atoms with E-state index >= 15 is 0 Å². The number of nitrogens with two attached hydrogens (primary N) is 1. The molecule has 3 aromatic rings. The molecule has 0 unspecified atom stereocenters. The third-order valence-electron chi connectivity index (χ3n) is 3.29. The predicted molar refractivity (Wildman–Crippen MR) is 89.5 cm³/mol. The van der Waals surface area contributed by atoms with Gasteiger partial charge in [-0.05, 0) is 23.3 Å². The van der Waals surface area contributed by atoms with E-state index in [1.807, 2.05) is 6.92 Å². The van der Waals surface area contributed by atoms with E-state index < -0.39 is 0 Å². The Balaban J connectivity index is 2.01. The molecule has 4 heteroatoms. The van der Waals surface area contributed by atoms with E-state index in [1.54, 1.807) is 11.3 Å². The Morgan fingerprint density at radius 3 is 2.70 bits per heavy atom. The molecule has 0 amide bonds. The second kappa shape index (κ2) is 5.31. The number of hydrogen-bond acceptors (Lipinski definition) is 3. The molecule has 2 aromatic carbocycles. The van der Waals surface area contributed by atoms with E-state index in [-0.39, 0.29) is 0 Å². The Morgan fingerprint density at radius 2 is 1.95 bits per heavy atom. The van der Waals surface area contributed by atoms with E-state index in [0.29, 0.717) is 4.99 Å². The molecule has 0 aliphatic rings. The van der Waals surface area contributed by atoms with Gasteiger partial charge in [0, 0.05) is 6.42 Å². The largest absolute Gasteiger partial charge is 0.389 e. The summed E-state index contributed by atoms with van der Waals surface area (Å²) in [7, 11) is 0. The standard InChI is InChI=1S/C16H14N2S2/c1-10-15(16(17)19)20-14(18-10)9-12-7-4-6-11-5-2-3-8-13(11)12/h2-8H,9H2,1H3,(H2,17,19). The number of hydrogen-bond donors (Lipinski definition) is 1. The second-order valence-electron chi connectivity index (χ2n) is 4.70. The number of benzene rings is 2. The third kappa shape index (κ3) is 2.44. The number of thiazole rings is 1. The molecule has 0 spiro atoms. The van der Waals surface area contributed by atoms with Crippen molar-refractivity contribution >= 4 is 39.3 Å². The Kier molecular flexibility index (Phi) is 3.51. The smallest absolute Gasteiger partial charge is 0.116 e. The first kappa shape index (κ1) is 13.2. The molecule has 1 heterocycles. The zero-order valence-electron chi connectivity index (χ0n) is 11.1. The van der Waals surface area contributed by atoms with Crippen LogP contribution in [0.1, 0.15) is 21.1 Å². The molecular weight excluding hydrogens is 284 g/mol. The molecule has 1 aromatic heterocycles. The number of aromatic nitrogens is 1. The molecule has 0 radical (unpaired) electrons. The molecule has 0 aliphatic carbocycles. The van der Waals surface area contributed by atoms with E-state index in [4.69, 9.17) is 18.0 Å². The Bertz CT molecular complexity index is 785. The maximum Gasteiger partial charge on any atom is 0.116 e. The van der Waals surface area contributed by atoms with Gasteiger partial charge in [-0.3, -0.25) is 0 Å². The molecule has 0 saturated carbocycles. The highest BCUT2D eigenvalue weighted by molar-refractivity contribution is 7.81. The van der Waals surface area contributed by atoms with Crippen LogP contribution in [0.15, 0.2) is 42.5 Å². The lowest BCUT2D eigenvalue weighted by Crippen LogP contribution is -2.08. The van der Waals surface area contributed by atoms with Crippen molar-refractivity contribution in [2.24, 2.45) is 5.73 Å². The highest BCUT2D eigenvalue weighted by Crippen LogP contribution is 2.25. The van der Waals surface area contributed by atoms with Crippen LogP contribution in [0.4, 0.5) is 0 Å². The van der Waals surface area contributed by atoms with Gasteiger partial charge in [-0.15, -0.1) is 11.3 Å². The quantitative estimate of drug-likeness (QED) is 0.747. The number of rotatable bonds is 3. The molecule has 0 aliphatic heterocycles. The van der Waals surface area contributed by atoms with Gasteiger partial charge in [-0.2, -0.15) is 0 Å². The third-order valence-corrected chi connectivity index (χ3v) is 4.81. The van der Waals surface area contributed by atoms with Gasteiger partial charge in [0.1, 0.15) is 4.99 Å². The van der Waals surface area contributed by atoms with Crippen LogP contribution in [0.5, 0.6) is 0 Å². The van der Waals surface area contributed by atoms with Gasteiger partial charge in [0.15, 0.2) is 0 Å². The molecule has 0 atom stereocenters. The van der Waals surface area contributed by atoms with E-state index in [0.717, 1.165) is 22.0 Å². The van der Waals surface area contributed by atoms with Gasteiger partial charge >= 0.3 is 0 Å². The van der Waals surface area contributed by atoms with Gasteiger partial charge in [0.2, 0.25) is 0 Å². The van der Waals surface area contributed by atoms with Crippen molar-refractivity contribution in [2.75, 3.05) is 0 Å². The Labute approximate surface area is 127 Å². The first-order chi connectivity index (χ1) is 9.65. The maximum atomic E-state index is 5.71. The highest BCUT2D eigenvalue weighted by atomic mass is 32.1. The molecule has 20 heavy (non-hydrogen) atoms. The fourth-order valence-electron chi connectivity index (χ4n) is 2.37. The van der Waals surface area contributed by atoms with E-state index in [1.165, 1.54) is 16.3 Å². The molecule has 3 rings (SSSR count). The molecule has 100 valence electrons. The van der Waals surface area contributed by atoms with E-state index in [2.05, 4.69) is 47.4 Å². The molecule has 0 fully saturated rings. The van der Waals surface area contributed by atoms with Crippen molar-refractivity contribution in [3.63, 3.8) is 0 Å². The van der Waals surface area contributed by atoms with Crippen LogP contribution < -0.4 is 5.73 Å². The van der Waals surface area contributed by atoms with Gasteiger partial charge in [0.25, 0.3) is 0 Å². The van der Waals surface area contributed by atoms with Gasteiger partial charge < -0.3 is 5.73 Å². The second-order valence-corrected chi connectivity index (χ2v) is 6.22. The lowest BCUT2D eigenvalue weighted by molar-refractivity contribution is 1.11. The summed E-state index contributed by atoms with van der Waals surface area (Å²) in [5.41, 5.74) is 7.93. The van der Waals surface area contributed by atoms with Crippen molar-refractivity contribution in [1.29, 1.82) is 0 Å². The normalized spacial score (nSPS) is 10.8. The van der Waals surface area contributed by atoms with E-state index in [9.17, 15) is 0 Å². The molecule has 2 nitrogen and oxygen atoms in total. The molecule has 0 saturated heterocycles. The van der Waals surface area contributed by atoms with Crippen molar-refractivity contribution in [3.05, 3.63) is 63.6 Å². The summed E-state index contributed by atoms with van der Waals surface area (Å²) in [6.07, 6.45) is 0.815. The number of thiocarbonyl (C=S) groups is 1. The van der Waals surface area contributed by atoms with Crippen molar-refractivity contribution in [1.82, 2.24) is 4.98 Å². The summed E-state index contributed by atoms with van der Waals surface area (Å²) >= 11 is 6.65. The average Bonchev–Trinajstić information content (AvgIpc) is 2.80. The predicted octanol–water partition coefficient (Wildman–Crippen LogP) is 3.83. The minimum Gasteiger partial charge on any atom is -0.389 e. The minimum atomic E-state index is 0.434. The van der Waals surface area contributed by atoms with Crippen LogP contribution in [-0.2, 0) is 6.42 Å². The van der Waals surface area contributed by atoms with Gasteiger partial charge in [0.05, 0.1) is 15.6 Å². The Hall–Kier alpha value is -1.78. The van der Waals surface area contributed by atoms with Crippen LogP contribution >= 0.6 is 23.6 Å². The summed E-state index contributed by atoms with van der Waals surface area (Å²) in [6.45, 7) is 1.96. The monoisotopic (exact) mass is 298 g/mol. The summed E-state index contributed by atoms with van der Waals surface area (Å²) in [5, 5.41) is 3.59. The van der Waals surface area contributed by atoms with Gasteiger partial charge in [-0.25, -0.2) is 4.98 Å². The minimum absolute atomic E-state index is 0.434. The van der Waals surface area contributed by atoms with Crippen LogP contribution in [0.3, 0.4) is 0 Å². The maximum absolute atomic E-state index is 5.71. The first-order valence-electron chi connectivity index (χ1n) is 6.38. The average molecular weight is 298 g/mol. The van der Waals surface area contributed by atoms with Crippen molar-refractivity contribution in [3.8, 4) is 0 Å². The lowest BCUT2D eigenvalue weighted by atomic mass is 10.0. The van der Waals surface area contributed by atoms with Crippen LogP contribution in [0.25, 0.3) is 10.8 Å². The Morgan fingerprint density at radius 1 is 1.20 bits per heavy atom. The van der Waals surface area contributed by atoms with Crippen molar-refractivity contribution < 1.29 is 0 Å². The lowest BCUT2D eigenvalue weighted by Gasteiger charge is -2.04. The molecular formula is C16H14N2S2. The summed E-state index contributed by atoms with van der Waals surface area (Å²) in [6, 6.07) is 14.8.